The van der Waals surface area contributed by atoms with Crippen molar-refractivity contribution in [1.82, 2.24) is 10.2 Å². The summed E-state index contributed by atoms with van der Waals surface area (Å²) < 4.78 is 0. The number of nitrogens with one attached hydrogen (secondary N) is 1. The Morgan fingerprint density at radius 3 is 3.07 bits per heavy atom. The van der Waals surface area contributed by atoms with Crippen LogP contribution in [0.4, 0.5) is 4.79 Å². The number of hydrogen-bond donors (Lipinski definition) is 2. The van der Waals surface area contributed by atoms with Crippen molar-refractivity contribution in [2.75, 3.05) is 19.6 Å². The molecule has 1 unspecified atom stereocenters. The summed E-state index contributed by atoms with van der Waals surface area (Å²) in [6, 6.07) is 0.511. The predicted molar refractivity (Wildman–Crippen MR) is 57.1 cm³/mol. The molecule has 0 aromatic rings. The SMILES string of the molecule is CCNC(=O)N1CCCC1CCCN. The standard InChI is InChI=1S/C10H21N3O/c1-2-12-10(14)13-8-4-6-9(13)5-3-7-11/h9H,2-8,11H2,1H3,(H,12,14). The number of urea groups is 1. The topological polar surface area (TPSA) is 58.4 Å². The highest BCUT2D eigenvalue weighted by atomic mass is 16.2. The van der Waals surface area contributed by atoms with E-state index < -0.39 is 0 Å². The van der Waals surface area contributed by atoms with E-state index >= 15 is 0 Å². The van der Waals surface area contributed by atoms with Gasteiger partial charge in [-0.15, -0.1) is 0 Å². The minimum atomic E-state index is 0.0898. The van der Waals surface area contributed by atoms with Crippen LogP contribution in [0.5, 0.6) is 0 Å². The fraction of sp³-hybridized carbons (Fsp3) is 0.900. The molecule has 1 atom stereocenters. The number of rotatable bonds is 4. The van der Waals surface area contributed by atoms with E-state index in [-0.39, 0.29) is 6.03 Å². The average molecular weight is 199 g/mol. The van der Waals surface area contributed by atoms with Crippen LogP contribution in [-0.2, 0) is 0 Å². The highest BCUT2D eigenvalue weighted by Gasteiger charge is 2.27. The molecule has 4 heteroatoms. The molecule has 2 amide bonds. The summed E-state index contributed by atoms with van der Waals surface area (Å²) in [6.07, 6.45) is 4.33. The Hall–Kier alpha value is -0.770. The van der Waals surface area contributed by atoms with Gasteiger partial charge < -0.3 is 16.0 Å². The molecule has 3 N–H and O–H groups in total. The summed E-state index contributed by atoms with van der Waals surface area (Å²) in [4.78, 5) is 13.6. The molecule has 1 saturated heterocycles. The lowest BCUT2D eigenvalue weighted by Gasteiger charge is -2.24. The lowest BCUT2D eigenvalue weighted by Crippen LogP contribution is -2.42. The molecule has 82 valence electrons. The summed E-state index contributed by atoms with van der Waals surface area (Å²) in [5, 5.41) is 2.85. The van der Waals surface area contributed by atoms with E-state index in [0.29, 0.717) is 12.6 Å². The van der Waals surface area contributed by atoms with Crippen LogP contribution in [-0.4, -0.2) is 36.6 Å². The van der Waals surface area contributed by atoms with Crippen molar-refractivity contribution in [1.29, 1.82) is 0 Å². The van der Waals surface area contributed by atoms with Crippen LogP contribution in [0.1, 0.15) is 32.6 Å². The summed E-state index contributed by atoms with van der Waals surface area (Å²) in [7, 11) is 0. The zero-order valence-electron chi connectivity index (χ0n) is 8.96. The molecule has 0 bridgehead atoms. The molecule has 14 heavy (non-hydrogen) atoms. The van der Waals surface area contributed by atoms with E-state index in [2.05, 4.69) is 5.32 Å². The van der Waals surface area contributed by atoms with Crippen LogP contribution in [0.15, 0.2) is 0 Å². The Morgan fingerprint density at radius 2 is 2.43 bits per heavy atom. The fourth-order valence-corrected chi connectivity index (χ4v) is 2.01. The lowest BCUT2D eigenvalue weighted by atomic mass is 10.1. The molecule has 0 saturated carbocycles. The highest BCUT2D eigenvalue weighted by Crippen LogP contribution is 2.20. The van der Waals surface area contributed by atoms with Gasteiger partial charge in [0, 0.05) is 19.1 Å². The number of likely N-dealkylation sites (tertiary alicyclic amines) is 1. The van der Waals surface area contributed by atoms with Gasteiger partial charge in [-0.2, -0.15) is 0 Å². The second-order valence-corrected chi connectivity index (χ2v) is 3.76. The van der Waals surface area contributed by atoms with Gasteiger partial charge in [0.2, 0.25) is 0 Å². The molecule has 0 aromatic carbocycles. The first-order chi connectivity index (χ1) is 6.79. The molecule has 1 heterocycles. The van der Waals surface area contributed by atoms with Crippen molar-refractivity contribution < 1.29 is 4.79 Å². The Kier molecular flexibility index (Phi) is 4.73. The first-order valence-electron chi connectivity index (χ1n) is 5.54. The second-order valence-electron chi connectivity index (χ2n) is 3.76. The van der Waals surface area contributed by atoms with E-state index in [0.717, 1.165) is 38.8 Å². The molecular formula is C10H21N3O. The van der Waals surface area contributed by atoms with Crippen LogP contribution in [0, 0.1) is 0 Å². The van der Waals surface area contributed by atoms with Crippen molar-refractivity contribution in [3.63, 3.8) is 0 Å². The summed E-state index contributed by atoms with van der Waals surface area (Å²) in [6.45, 7) is 4.28. The van der Waals surface area contributed by atoms with Crippen LogP contribution < -0.4 is 11.1 Å². The van der Waals surface area contributed by atoms with Gasteiger partial charge in [-0.3, -0.25) is 0 Å². The van der Waals surface area contributed by atoms with E-state index in [1.165, 1.54) is 0 Å². The van der Waals surface area contributed by atoms with Crippen molar-refractivity contribution in [2.45, 2.75) is 38.6 Å². The first kappa shape index (κ1) is 11.3. The van der Waals surface area contributed by atoms with Gasteiger partial charge in [-0.25, -0.2) is 4.79 Å². The molecule has 4 nitrogen and oxygen atoms in total. The average Bonchev–Trinajstić information content (AvgIpc) is 2.63. The minimum Gasteiger partial charge on any atom is -0.338 e. The lowest BCUT2D eigenvalue weighted by molar-refractivity contribution is 0.190. The third-order valence-electron chi connectivity index (χ3n) is 2.71. The molecular weight excluding hydrogens is 178 g/mol. The molecule has 1 aliphatic heterocycles. The van der Waals surface area contributed by atoms with Crippen molar-refractivity contribution in [2.24, 2.45) is 5.73 Å². The normalized spacial score (nSPS) is 21.3. The van der Waals surface area contributed by atoms with E-state index in [4.69, 9.17) is 5.73 Å². The zero-order valence-corrected chi connectivity index (χ0v) is 8.96. The van der Waals surface area contributed by atoms with Gasteiger partial charge in [0.1, 0.15) is 0 Å². The number of carbonyl (C=O) groups excluding carboxylic acids is 1. The molecule has 1 aliphatic rings. The van der Waals surface area contributed by atoms with Gasteiger partial charge in [0.15, 0.2) is 0 Å². The fourth-order valence-electron chi connectivity index (χ4n) is 2.01. The summed E-state index contributed by atoms with van der Waals surface area (Å²) >= 11 is 0. The van der Waals surface area contributed by atoms with Gasteiger partial charge >= 0.3 is 6.03 Å². The maximum atomic E-state index is 11.6. The molecule has 0 aromatic heterocycles. The number of nitrogens with two attached hydrogens (primary N) is 1. The smallest absolute Gasteiger partial charge is 0.317 e. The number of hydrogen-bond acceptors (Lipinski definition) is 2. The number of carbonyl (C=O) groups is 1. The molecule has 0 spiro atoms. The Balaban J connectivity index is 2.38. The maximum Gasteiger partial charge on any atom is 0.317 e. The third kappa shape index (κ3) is 2.87. The Morgan fingerprint density at radius 1 is 1.64 bits per heavy atom. The maximum absolute atomic E-state index is 11.6. The van der Waals surface area contributed by atoms with E-state index in [1.807, 2.05) is 11.8 Å². The van der Waals surface area contributed by atoms with Gasteiger partial charge in [0.05, 0.1) is 0 Å². The summed E-state index contributed by atoms with van der Waals surface area (Å²) in [5.74, 6) is 0. The summed E-state index contributed by atoms with van der Waals surface area (Å²) in [5.41, 5.74) is 5.47. The Labute approximate surface area is 85.8 Å². The number of nitrogens with zero attached hydrogens (tertiary/aromatic N) is 1. The molecule has 1 fully saturated rings. The van der Waals surface area contributed by atoms with E-state index in [9.17, 15) is 4.79 Å². The van der Waals surface area contributed by atoms with Crippen LogP contribution in [0.3, 0.4) is 0 Å². The zero-order chi connectivity index (χ0) is 10.4. The van der Waals surface area contributed by atoms with E-state index in [1.54, 1.807) is 0 Å². The van der Waals surface area contributed by atoms with Crippen LogP contribution >= 0.6 is 0 Å². The number of amides is 2. The highest BCUT2D eigenvalue weighted by molar-refractivity contribution is 5.74. The first-order valence-corrected chi connectivity index (χ1v) is 5.54. The van der Waals surface area contributed by atoms with Crippen molar-refractivity contribution in [3.8, 4) is 0 Å². The van der Waals surface area contributed by atoms with Crippen LogP contribution in [0.25, 0.3) is 0 Å². The van der Waals surface area contributed by atoms with Gasteiger partial charge in [-0.1, -0.05) is 0 Å². The third-order valence-corrected chi connectivity index (χ3v) is 2.71. The second kappa shape index (κ2) is 5.86. The van der Waals surface area contributed by atoms with Gasteiger partial charge in [0.25, 0.3) is 0 Å². The van der Waals surface area contributed by atoms with Crippen molar-refractivity contribution in [3.05, 3.63) is 0 Å². The molecule has 0 radical (unpaired) electrons. The molecule has 1 rings (SSSR count). The molecule has 0 aliphatic carbocycles. The van der Waals surface area contributed by atoms with Crippen LogP contribution in [0.2, 0.25) is 0 Å². The van der Waals surface area contributed by atoms with Crippen molar-refractivity contribution >= 4 is 6.03 Å². The largest absolute Gasteiger partial charge is 0.338 e. The Bertz CT molecular complexity index is 184. The monoisotopic (exact) mass is 199 g/mol. The quantitative estimate of drug-likeness (QED) is 0.707. The van der Waals surface area contributed by atoms with Gasteiger partial charge in [-0.05, 0) is 39.2 Å². The predicted octanol–water partition coefficient (Wildman–Crippen LogP) is 0.919. The minimum absolute atomic E-state index is 0.0898.